The molecule has 0 saturated heterocycles. The van der Waals surface area contributed by atoms with Crippen molar-refractivity contribution in [1.29, 1.82) is 0 Å². The molecule has 1 fully saturated rings. The molecule has 0 bridgehead atoms. The van der Waals surface area contributed by atoms with Crippen LogP contribution in [0.15, 0.2) is 16.5 Å². The first-order chi connectivity index (χ1) is 9.41. The van der Waals surface area contributed by atoms with Crippen molar-refractivity contribution in [2.24, 2.45) is 5.41 Å². The molecule has 1 saturated carbocycles. The van der Waals surface area contributed by atoms with Gasteiger partial charge in [0.25, 0.3) is 0 Å². The van der Waals surface area contributed by atoms with Crippen molar-refractivity contribution in [1.82, 2.24) is 5.32 Å². The van der Waals surface area contributed by atoms with Gasteiger partial charge in [0.15, 0.2) is 0 Å². The van der Waals surface area contributed by atoms with Crippen LogP contribution in [0.4, 0.5) is 0 Å². The number of carbonyl (C=O) groups excluding carboxylic acids is 1. The third-order valence-corrected chi connectivity index (χ3v) is 4.26. The lowest BCUT2D eigenvalue weighted by atomic mass is 9.75. The van der Waals surface area contributed by atoms with E-state index in [-0.39, 0.29) is 11.8 Å². The molecule has 4 heteroatoms. The van der Waals surface area contributed by atoms with Gasteiger partial charge in [-0.05, 0) is 50.2 Å². The summed E-state index contributed by atoms with van der Waals surface area (Å²) < 4.78 is 10.2. The Morgan fingerprint density at radius 2 is 2.05 bits per heavy atom. The van der Waals surface area contributed by atoms with Gasteiger partial charge in [-0.2, -0.15) is 0 Å². The number of nitrogens with one attached hydrogen (secondary N) is 1. The fourth-order valence-electron chi connectivity index (χ4n) is 2.80. The van der Waals surface area contributed by atoms with E-state index in [0.29, 0.717) is 11.5 Å². The minimum absolute atomic E-state index is 0.111. The first kappa shape index (κ1) is 15.1. The van der Waals surface area contributed by atoms with E-state index in [4.69, 9.17) is 4.42 Å². The summed E-state index contributed by atoms with van der Waals surface area (Å²) >= 11 is 0. The average molecular weight is 279 g/mol. The second-order valence-corrected chi connectivity index (χ2v) is 6.52. The van der Waals surface area contributed by atoms with Crippen molar-refractivity contribution in [2.75, 3.05) is 7.11 Å². The monoisotopic (exact) mass is 279 g/mol. The molecule has 1 aromatic heterocycles. The first-order valence-electron chi connectivity index (χ1n) is 7.35. The van der Waals surface area contributed by atoms with Gasteiger partial charge < -0.3 is 14.5 Å². The maximum atomic E-state index is 11.4. The molecule has 1 aliphatic rings. The standard InChI is InChI=1S/C16H25NO3/c1-11(13-5-6-14(20-13)15(18)19-4)17-12-7-9-16(2,3)10-8-12/h5-6,11-12,17H,7-10H2,1-4H3. The van der Waals surface area contributed by atoms with Crippen molar-refractivity contribution in [3.63, 3.8) is 0 Å². The summed E-state index contributed by atoms with van der Waals surface area (Å²) in [4.78, 5) is 11.4. The van der Waals surface area contributed by atoms with Crippen molar-refractivity contribution in [2.45, 2.75) is 58.5 Å². The van der Waals surface area contributed by atoms with Crippen LogP contribution in [0.25, 0.3) is 0 Å². The van der Waals surface area contributed by atoms with E-state index in [1.807, 2.05) is 6.07 Å². The summed E-state index contributed by atoms with van der Waals surface area (Å²) in [5, 5.41) is 3.60. The van der Waals surface area contributed by atoms with E-state index in [9.17, 15) is 4.79 Å². The Morgan fingerprint density at radius 3 is 2.65 bits per heavy atom. The van der Waals surface area contributed by atoms with Crippen LogP contribution in [-0.4, -0.2) is 19.1 Å². The molecular weight excluding hydrogens is 254 g/mol. The Balaban J connectivity index is 1.90. The topological polar surface area (TPSA) is 51.5 Å². The molecular formula is C16H25NO3. The Labute approximate surface area is 120 Å². The SMILES string of the molecule is COC(=O)c1ccc(C(C)NC2CCC(C)(C)CC2)o1. The fourth-order valence-corrected chi connectivity index (χ4v) is 2.80. The van der Waals surface area contributed by atoms with Crippen LogP contribution in [0.2, 0.25) is 0 Å². The van der Waals surface area contributed by atoms with Crippen molar-refractivity contribution in [3.05, 3.63) is 23.7 Å². The third kappa shape index (κ3) is 3.63. The molecule has 2 rings (SSSR count). The Hall–Kier alpha value is -1.29. The molecule has 112 valence electrons. The number of hydrogen-bond donors (Lipinski definition) is 1. The summed E-state index contributed by atoms with van der Waals surface area (Å²) in [6, 6.07) is 4.16. The summed E-state index contributed by atoms with van der Waals surface area (Å²) in [6.45, 7) is 6.74. The van der Waals surface area contributed by atoms with Crippen LogP contribution in [0, 0.1) is 5.41 Å². The van der Waals surface area contributed by atoms with Gasteiger partial charge in [0, 0.05) is 6.04 Å². The molecule has 0 aromatic carbocycles. The third-order valence-electron chi connectivity index (χ3n) is 4.26. The van der Waals surface area contributed by atoms with Crippen LogP contribution < -0.4 is 5.32 Å². The van der Waals surface area contributed by atoms with Gasteiger partial charge in [-0.25, -0.2) is 4.79 Å². The summed E-state index contributed by atoms with van der Waals surface area (Å²) in [5.74, 6) is 0.624. The molecule has 1 aromatic rings. The normalized spacial score (nSPS) is 20.6. The molecule has 0 radical (unpaired) electrons. The zero-order chi connectivity index (χ0) is 14.8. The Kier molecular flexibility index (Phi) is 4.53. The largest absolute Gasteiger partial charge is 0.463 e. The number of methoxy groups -OCH3 is 1. The summed E-state index contributed by atoms with van der Waals surface area (Å²) in [6.07, 6.45) is 4.90. The quantitative estimate of drug-likeness (QED) is 0.854. The number of carbonyl (C=O) groups is 1. The molecule has 1 unspecified atom stereocenters. The molecule has 20 heavy (non-hydrogen) atoms. The zero-order valence-electron chi connectivity index (χ0n) is 12.9. The van der Waals surface area contributed by atoms with E-state index in [1.54, 1.807) is 6.07 Å². The minimum atomic E-state index is -0.428. The lowest BCUT2D eigenvalue weighted by molar-refractivity contribution is 0.0561. The van der Waals surface area contributed by atoms with E-state index in [2.05, 4.69) is 30.8 Å². The van der Waals surface area contributed by atoms with Crippen LogP contribution in [0.3, 0.4) is 0 Å². The van der Waals surface area contributed by atoms with Gasteiger partial charge in [-0.15, -0.1) is 0 Å². The van der Waals surface area contributed by atoms with Crippen molar-refractivity contribution in [3.8, 4) is 0 Å². The molecule has 0 amide bonds. The summed E-state index contributed by atoms with van der Waals surface area (Å²) in [5.41, 5.74) is 0.476. The second-order valence-electron chi connectivity index (χ2n) is 6.52. The van der Waals surface area contributed by atoms with Gasteiger partial charge in [0.05, 0.1) is 13.2 Å². The van der Waals surface area contributed by atoms with Gasteiger partial charge in [0.2, 0.25) is 5.76 Å². The van der Waals surface area contributed by atoms with Crippen LogP contribution in [0.5, 0.6) is 0 Å². The van der Waals surface area contributed by atoms with Gasteiger partial charge in [-0.3, -0.25) is 0 Å². The van der Waals surface area contributed by atoms with E-state index in [0.717, 1.165) is 5.76 Å². The zero-order valence-corrected chi connectivity index (χ0v) is 12.9. The number of furan rings is 1. The highest BCUT2D eigenvalue weighted by Crippen LogP contribution is 2.35. The molecule has 0 spiro atoms. The number of hydrogen-bond acceptors (Lipinski definition) is 4. The molecule has 1 atom stereocenters. The lowest BCUT2D eigenvalue weighted by Crippen LogP contribution is -2.36. The minimum Gasteiger partial charge on any atom is -0.463 e. The molecule has 4 nitrogen and oxygen atoms in total. The maximum absolute atomic E-state index is 11.4. The summed E-state index contributed by atoms with van der Waals surface area (Å²) in [7, 11) is 1.36. The van der Waals surface area contributed by atoms with Crippen LogP contribution >= 0.6 is 0 Å². The predicted molar refractivity (Wildman–Crippen MR) is 77.6 cm³/mol. The van der Waals surface area contributed by atoms with E-state index < -0.39 is 5.97 Å². The first-order valence-corrected chi connectivity index (χ1v) is 7.35. The van der Waals surface area contributed by atoms with Crippen LogP contribution in [-0.2, 0) is 4.74 Å². The highest BCUT2D eigenvalue weighted by molar-refractivity contribution is 5.86. The number of ether oxygens (including phenoxy) is 1. The smallest absolute Gasteiger partial charge is 0.373 e. The van der Waals surface area contributed by atoms with Crippen LogP contribution in [0.1, 0.15) is 68.8 Å². The molecule has 1 aliphatic carbocycles. The van der Waals surface area contributed by atoms with Gasteiger partial charge >= 0.3 is 5.97 Å². The second kappa shape index (κ2) is 6.00. The molecule has 1 N–H and O–H groups in total. The Morgan fingerprint density at radius 1 is 1.40 bits per heavy atom. The predicted octanol–water partition coefficient (Wildman–Crippen LogP) is 3.69. The lowest BCUT2D eigenvalue weighted by Gasteiger charge is -2.35. The van der Waals surface area contributed by atoms with E-state index in [1.165, 1.54) is 32.8 Å². The average Bonchev–Trinajstić information content (AvgIpc) is 2.90. The Bertz CT molecular complexity index is 454. The molecule has 0 aliphatic heterocycles. The van der Waals surface area contributed by atoms with Crippen molar-refractivity contribution >= 4 is 5.97 Å². The number of esters is 1. The molecule has 1 heterocycles. The highest BCUT2D eigenvalue weighted by Gasteiger charge is 2.28. The highest BCUT2D eigenvalue weighted by atomic mass is 16.5. The number of rotatable bonds is 4. The maximum Gasteiger partial charge on any atom is 0.373 e. The van der Waals surface area contributed by atoms with Crippen molar-refractivity contribution < 1.29 is 13.9 Å². The van der Waals surface area contributed by atoms with Gasteiger partial charge in [0.1, 0.15) is 5.76 Å². The van der Waals surface area contributed by atoms with E-state index >= 15 is 0 Å². The fraction of sp³-hybridized carbons (Fsp3) is 0.688. The van der Waals surface area contributed by atoms with Gasteiger partial charge in [-0.1, -0.05) is 13.8 Å².